The summed E-state index contributed by atoms with van der Waals surface area (Å²) in [5.41, 5.74) is 5.27. The molecule has 162 valence electrons. The molecule has 4 rings (SSSR count). The highest BCUT2D eigenvalue weighted by atomic mass is 16.4. The third-order valence-corrected chi connectivity index (χ3v) is 5.84. The highest BCUT2D eigenvalue weighted by molar-refractivity contribution is 5.89. The Morgan fingerprint density at radius 1 is 1.00 bits per heavy atom. The van der Waals surface area contributed by atoms with Gasteiger partial charge in [-0.3, -0.25) is 4.90 Å². The molecule has 0 aliphatic carbocycles. The van der Waals surface area contributed by atoms with Crippen LogP contribution in [0.4, 0.5) is 10.5 Å². The van der Waals surface area contributed by atoms with Gasteiger partial charge in [0.1, 0.15) is 5.76 Å². The number of oxazole rings is 1. The summed E-state index contributed by atoms with van der Waals surface area (Å²) in [6.45, 7) is 9.90. The van der Waals surface area contributed by atoms with Gasteiger partial charge in [-0.25, -0.2) is 9.78 Å². The molecule has 2 heterocycles. The Kier molecular flexibility index (Phi) is 6.37. The zero-order chi connectivity index (χ0) is 21.8. The van der Waals surface area contributed by atoms with Crippen molar-refractivity contribution >= 4 is 11.7 Å². The summed E-state index contributed by atoms with van der Waals surface area (Å²) < 4.78 is 5.91. The van der Waals surface area contributed by atoms with Gasteiger partial charge >= 0.3 is 6.03 Å². The predicted molar refractivity (Wildman–Crippen MR) is 123 cm³/mol. The van der Waals surface area contributed by atoms with Crippen molar-refractivity contribution in [2.75, 3.05) is 31.5 Å². The number of nitrogens with zero attached hydrogens (tertiary/aromatic N) is 3. The standard InChI is InChI=1S/C25H30N4O2/c1-4-20-7-11-22(12-8-20)26-25(30)29-15-13-28(14-16-29)17-23-19(3)31-24(27-23)21-9-5-18(2)6-10-21/h5-12H,4,13-17H2,1-3H3,(H,26,30). The Bertz CT molecular complexity index is 1020. The molecule has 0 radical (unpaired) electrons. The number of anilines is 1. The van der Waals surface area contributed by atoms with E-state index in [1.165, 1.54) is 11.1 Å². The van der Waals surface area contributed by atoms with Gasteiger partial charge < -0.3 is 14.6 Å². The molecule has 1 fully saturated rings. The minimum absolute atomic E-state index is 0.0387. The summed E-state index contributed by atoms with van der Waals surface area (Å²) in [6, 6.07) is 16.2. The summed E-state index contributed by atoms with van der Waals surface area (Å²) in [5, 5.41) is 3.00. The molecule has 0 unspecified atom stereocenters. The van der Waals surface area contributed by atoms with Crippen molar-refractivity contribution in [2.24, 2.45) is 0 Å². The fraction of sp³-hybridized carbons (Fsp3) is 0.360. The number of nitrogens with one attached hydrogen (secondary N) is 1. The number of rotatable bonds is 5. The van der Waals surface area contributed by atoms with E-state index >= 15 is 0 Å². The lowest BCUT2D eigenvalue weighted by Gasteiger charge is -2.34. The summed E-state index contributed by atoms with van der Waals surface area (Å²) >= 11 is 0. The second-order valence-corrected chi connectivity index (χ2v) is 8.13. The number of hydrogen-bond acceptors (Lipinski definition) is 4. The number of benzene rings is 2. The number of urea groups is 1. The number of aryl methyl sites for hydroxylation is 3. The van der Waals surface area contributed by atoms with Gasteiger partial charge in [-0.2, -0.15) is 0 Å². The van der Waals surface area contributed by atoms with Crippen molar-refractivity contribution in [1.82, 2.24) is 14.8 Å². The second kappa shape index (κ2) is 9.35. The lowest BCUT2D eigenvalue weighted by atomic mass is 10.1. The SMILES string of the molecule is CCc1ccc(NC(=O)N2CCN(Cc3nc(-c4ccc(C)cc4)oc3C)CC2)cc1. The average molecular weight is 419 g/mol. The highest BCUT2D eigenvalue weighted by Crippen LogP contribution is 2.23. The fourth-order valence-corrected chi connectivity index (χ4v) is 3.74. The largest absolute Gasteiger partial charge is 0.441 e. The maximum absolute atomic E-state index is 12.6. The molecule has 0 bridgehead atoms. The summed E-state index contributed by atoms with van der Waals surface area (Å²) in [7, 11) is 0. The van der Waals surface area contributed by atoms with Crippen molar-refractivity contribution in [3.63, 3.8) is 0 Å². The van der Waals surface area contributed by atoms with Crippen molar-refractivity contribution in [1.29, 1.82) is 0 Å². The molecule has 1 saturated heterocycles. The Morgan fingerprint density at radius 2 is 1.68 bits per heavy atom. The van der Waals surface area contributed by atoms with E-state index in [0.29, 0.717) is 19.0 Å². The van der Waals surface area contributed by atoms with E-state index in [1.807, 2.05) is 36.1 Å². The second-order valence-electron chi connectivity index (χ2n) is 8.13. The molecule has 0 atom stereocenters. The van der Waals surface area contributed by atoms with Crippen LogP contribution in [0.1, 0.15) is 29.5 Å². The molecule has 6 heteroatoms. The first-order valence-electron chi connectivity index (χ1n) is 10.9. The summed E-state index contributed by atoms with van der Waals surface area (Å²) in [6.07, 6.45) is 0.994. The van der Waals surface area contributed by atoms with Crippen molar-refractivity contribution < 1.29 is 9.21 Å². The first kappa shape index (κ1) is 21.1. The molecule has 1 aromatic heterocycles. The molecule has 2 amide bonds. The Morgan fingerprint density at radius 3 is 2.32 bits per heavy atom. The summed E-state index contributed by atoms with van der Waals surface area (Å²) in [4.78, 5) is 21.5. The lowest BCUT2D eigenvalue weighted by molar-refractivity contribution is 0.141. The molecule has 3 aromatic rings. The van der Waals surface area contributed by atoms with E-state index in [1.54, 1.807) is 0 Å². The molecule has 6 nitrogen and oxygen atoms in total. The number of hydrogen-bond donors (Lipinski definition) is 1. The van der Waals surface area contributed by atoms with Crippen LogP contribution < -0.4 is 5.32 Å². The quantitative estimate of drug-likeness (QED) is 0.642. The van der Waals surface area contributed by atoms with Crippen LogP contribution in [0, 0.1) is 13.8 Å². The van der Waals surface area contributed by atoms with Gasteiger partial charge in [-0.15, -0.1) is 0 Å². The smallest absolute Gasteiger partial charge is 0.321 e. The minimum Gasteiger partial charge on any atom is -0.441 e. The summed E-state index contributed by atoms with van der Waals surface area (Å²) in [5.74, 6) is 1.52. The van der Waals surface area contributed by atoms with Crippen LogP contribution in [0.25, 0.3) is 11.5 Å². The van der Waals surface area contributed by atoms with E-state index in [-0.39, 0.29) is 6.03 Å². The molecule has 1 N–H and O–H groups in total. The average Bonchev–Trinajstić information content (AvgIpc) is 3.15. The topological polar surface area (TPSA) is 61.6 Å². The van der Waals surface area contributed by atoms with Crippen molar-refractivity contribution in [3.8, 4) is 11.5 Å². The van der Waals surface area contributed by atoms with Crippen LogP contribution >= 0.6 is 0 Å². The Balaban J connectivity index is 1.31. The molecular formula is C25H30N4O2. The molecule has 31 heavy (non-hydrogen) atoms. The number of aromatic nitrogens is 1. The van der Waals surface area contributed by atoms with Gasteiger partial charge in [0.05, 0.1) is 5.69 Å². The number of piperazine rings is 1. The van der Waals surface area contributed by atoms with Gasteiger partial charge in [-0.1, -0.05) is 36.8 Å². The van der Waals surface area contributed by atoms with E-state index in [9.17, 15) is 4.79 Å². The first-order chi connectivity index (χ1) is 15.0. The number of carbonyl (C=O) groups excluding carboxylic acids is 1. The van der Waals surface area contributed by atoms with Crippen LogP contribution in [0.2, 0.25) is 0 Å². The Hall–Kier alpha value is -3.12. The van der Waals surface area contributed by atoms with Gasteiger partial charge in [0, 0.05) is 44.0 Å². The van der Waals surface area contributed by atoms with E-state index in [0.717, 1.165) is 48.8 Å². The van der Waals surface area contributed by atoms with Crippen LogP contribution in [-0.4, -0.2) is 47.0 Å². The van der Waals surface area contributed by atoms with E-state index in [4.69, 9.17) is 9.40 Å². The molecular weight excluding hydrogens is 388 g/mol. The zero-order valence-corrected chi connectivity index (χ0v) is 18.5. The highest BCUT2D eigenvalue weighted by Gasteiger charge is 2.23. The Labute approximate surface area is 183 Å². The third-order valence-electron chi connectivity index (χ3n) is 5.84. The molecule has 0 spiro atoms. The zero-order valence-electron chi connectivity index (χ0n) is 18.5. The predicted octanol–water partition coefficient (Wildman–Crippen LogP) is 4.87. The molecule has 0 saturated carbocycles. The van der Waals surface area contributed by atoms with Crippen molar-refractivity contribution in [2.45, 2.75) is 33.7 Å². The maximum atomic E-state index is 12.6. The van der Waals surface area contributed by atoms with Gasteiger partial charge in [-0.05, 0) is 50.1 Å². The van der Waals surface area contributed by atoms with E-state index < -0.39 is 0 Å². The first-order valence-corrected chi connectivity index (χ1v) is 10.9. The number of amides is 2. The maximum Gasteiger partial charge on any atom is 0.321 e. The van der Waals surface area contributed by atoms with Gasteiger partial charge in [0.15, 0.2) is 0 Å². The van der Waals surface area contributed by atoms with Crippen LogP contribution in [-0.2, 0) is 13.0 Å². The minimum atomic E-state index is -0.0387. The van der Waals surface area contributed by atoms with Gasteiger partial charge in [0.2, 0.25) is 5.89 Å². The third kappa shape index (κ3) is 5.14. The van der Waals surface area contributed by atoms with Crippen LogP contribution in [0.3, 0.4) is 0 Å². The van der Waals surface area contributed by atoms with Crippen LogP contribution in [0.5, 0.6) is 0 Å². The van der Waals surface area contributed by atoms with E-state index in [2.05, 4.69) is 48.3 Å². The molecule has 1 aliphatic rings. The molecule has 1 aliphatic heterocycles. The normalized spacial score (nSPS) is 14.6. The van der Waals surface area contributed by atoms with Crippen molar-refractivity contribution in [3.05, 3.63) is 71.1 Å². The monoisotopic (exact) mass is 418 g/mol. The fourth-order valence-electron chi connectivity index (χ4n) is 3.74. The lowest BCUT2D eigenvalue weighted by Crippen LogP contribution is -2.49. The van der Waals surface area contributed by atoms with Crippen LogP contribution in [0.15, 0.2) is 52.9 Å². The molecule has 2 aromatic carbocycles. The van der Waals surface area contributed by atoms with Gasteiger partial charge in [0.25, 0.3) is 0 Å². The number of carbonyl (C=O) groups is 1.